The predicted molar refractivity (Wildman–Crippen MR) is 103 cm³/mol. The van der Waals surface area contributed by atoms with Crippen molar-refractivity contribution in [2.45, 2.75) is 7.43 Å². The minimum absolute atomic E-state index is 0. The highest BCUT2D eigenvalue weighted by molar-refractivity contribution is 6.08. The molecule has 110 valence electrons. The molecule has 0 nitrogen and oxygen atoms in total. The molecule has 0 bridgehead atoms. The van der Waals surface area contributed by atoms with Gasteiger partial charge in [0.25, 0.3) is 0 Å². The fraction of sp³-hybridized carbons (Fsp3) is 0.0435. The van der Waals surface area contributed by atoms with Crippen molar-refractivity contribution in [3.8, 4) is 0 Å². The van der Waals surface area contributed by atoms with E-state index in [1.807, 2.05) is 0 Å². The molecule has 0 aromatic heterocycles. The van der Waals surface area contributed by atoms with E-state index >= 15 is 0 Å². The van der Waals surface area contributed by atoms with E-state index in [-0.39, 0.29) is 7.43 Å². The molecule has 0 aliphatic carbocycles. The molecule has 0 heteroatoms. The van der Waals surface area contributed by atoms with E-state index in [1.165, 1.54) is 43.1 Å². The van der Waals surface area contributed by atoms with Gasteiger partial charge in [-0.05, 0) is 79.5 Å². The van der Waals surface area contributed by atoms with Crippen LogP contribution >= 0.6 is 0 Å². The molecule has 0 fully saturated rings. The zero-order valence-corrected chi connectivity index (χ0v) is 12.1. The normalized spacial score (nSPS) is 11.1. The summed E-state index contributed by atoms with van der Waals surface area (Å²) >= 11 is 0. The molecule has 0 atom stereocenters. The highest BCUT2D eigenvalue weighted by atomic mass is 14.1. The summed E-state index contributed by atoms with van der Waals surface area (Å²) in [6.07, 6.45) is 0. The van der Waals surface area contributed by atoms with Gasteiger partial charge in [-0.3, -0.25) is 0 Å². The van der Waals surface area contributed by atoms with Crippen LogP contribution in [0.3, 0.4) is 0 Å². The summed E-state index contributed by atoms with van der Waals surface area (Å²) in [7, 11) is 0. The Labute approximate surface area is 136 Å². The van der Waals surface area contributed by atoms with E-state index in [4.69, 9.17) is 0 Å². The summed E-state index contributed by atoms with van der Waals surface area (Å²) in [6.45, 7) is 0. The molecule has 0 saturated heterocycles. The van der Waals surface area contributed by atoms with Crippen LogP contribution in [-0.2, 0) is 0 Å². The Hall–Kier alpha value is -2.86. The Bertz CT molecular complexity index is 982. The molecular weight excluding hydrogens is 276 g/mol. The van der Waals surface area contributed by atoms with Gasteiger partial charge in [-0.2, -0.15) is 0 Å². The van der Waals surface area contributed by atoms with E-state index < -0.39 is 0 Å². The van der Waals surface area contributed by atoms with Crippen molar-refractivity contribution in [3.63, 3.8) is 0 Å². The molecule has 0 aliphatic rings. The van der Waals surface area contributed by atoms with Crippen LogP contribution < -0.4 is 0 Å². The maximum atomic E-state index is 2.31. The third kappa shape index (κ3) is 2.15. The average molecular weight is 294 g/mol. The van der Waals surface area contributed by atoms with Crippen LogP contribution in [0.25, 0.3) is 43.1 Å². The maximum Gasteiger partial charge on any atom is -0.0171 e. The first-order chi connectivity index (χ1) is 10.9. The molecule has 23 heavy (non-hydrogen) atoms. The minimum atomic E-state index is 0. The van der Waals surface area contributed by atoms with Crippen molar-refractivity contribution >= 4 is 43.1 Å². The van der Waals surface area contributed by atoms with Crippen LogP contribution in [0, 0.1) is 0 Å². The van der Waals surface area contributed by atoms with E-state index in [0.29, 0.717) is 0 Å². The van der Waals surface area contributed by atoms with Crippen LogP contribution in [0.15, 0.2) is 84.9 Å². The summed E-state index contributed by atoms with van der Waals surface area (Å²) < 4.78 is 0. The smallest absolute Gasteiger partial charge is 0.0171 e. The van der Waals surface area contributed by atoms with Crippen molar-refractivity contribution in [3.05, 3.63) is 84.9 Å². The third-order valence-corrected chi connectivity index (χ3v) is 4.52. The molecule has 0 spiro atoms. The molecule has 0 saturated carbocycles. The second-order valence-electron chi connectivity index (χ2n) is 5.95. The quantitative estimate of drug-likeness (QED) is 0.271. The van der Waals surface area contributed by atoms with Crippen molar-refractivity contribution in [2.24, 2.45) is 0 Å². The van der Waals surface area contributed by atoms with E-state index in [2.05, 4.69) is 84.9 Å². The highest BCUT2D eigenvalue weighted by Crippen LogP contribution is 2.29. The summed E-state index contributed by atoms with van der Waals surface area (Å²) in [6, 6.07) is 30.9. The number of hydrogen-bond acceptors (Lipinski definition) is 0. The van der Waals surface area contributed by atoms with E-state index in [1.54, 1.807) is 0 Å². The lowest BCUT2D eigenvalue weighted by Crippen LogP contribution is -1.80. The minimum Gasteiger partial charge on any atom is -0.0776 e. The third-order valence-electron chi connectivity index (χ3n) is 4.52. The van der Waals surface area contributed by atoms with Crippen LogP contribution in [0.1, 0.15) is 7.43 Å². The molecule has 0 N–H and O–H groups in total. The van der Waals surface area contributed by atoms with E-state index in [9.17, 15) is 0 Å². The van der Waals surface area contributed by atoms with Gasteiger partial charge in [0.05, 0.1) is 0 Å². The molecular formula is C23H18. The lowest BCUT2D eigenvalue weighted by atomic mass is 9.97. The summed E-state index contributed by atoms with van der Waals surface area (Å²) in [5, 5.41) is 10.4. The van der Waals surface area contributed by atoms with Gasteiger partial charge in [0.15, 0.2) is 0 Å². The van der Waals surface area contributed by atoms with Crippen LogP contribution in [0.2, 0.25) is 0 Å². The zero-order chi connectivity index (χ0) is 14.5. The molecule has 0 heterocycles. The number of rotatable bonds is 0. The molecule has 5 rings (SSSR count). The molecule has 0 amide bonds. The zero-order valence-electron chi connectivity index (χ0n) is 12.1. The van der Waals surface area contributed by atoms with Gasteiger partial charge in [-0.1, -0.05) is 56.0 Å². The van der Waals surface area contributed by atoms with Gasteiger partial charge in [0.1, 0.15) is 0 Å². The van der Waals surface area contributed by atoms with Gasteiger partial charge in [-0.25, -0.2) is 0 Å². The first-order valence-electron chi connectivity index (χ1n) is 7.62. The summed E-state index contributed by atoms with van der Waals surface area (Å²) in [5.74, 6) is 0. The summed E-state index contributed by atoms with van der Waals surface area (Å²) in [4.78, 5) is 0. The van der Waals surface area contributed by atoms with Gasteiger partial charge < -0.3 is 0 Å². The van der Waals surface area contributed by atoms with Crippen molar-refractivity contribution in [1.29, 1.82) is 0 Å². The first kappa shape index (κ1) is 13.8. The highest BCUT2D eigenvalue weighted by Gasteiger charge is 2.02. The Balaban J connectivity index is 0.00000135. The average Bonchev–Trinajstić information content (AvgIpc) is 2.56. The predicted octanol–water partition coefficient (Wildman–Crippen LogP) is 6.94. The second kappa shape index (κ2) is 5.10. The molecule has 0 unspecified atom stereocenters. The Morgan fingerprint density at radius 3 is 0.783 bits per heavy atom. The Morgan fingerprint density at radius 1 is 0.304 bits per heavy atom. The maximum absolute atomic E-state index is 2.31. The largest absolute Gasteiger partial charge is 0.0776 e. The topological polar surface area (TPSA) is 0 Å². The standard InChI is InChI=1S/C22H14.CH4/c1-2-6-16-10-20-14-22-12-18-8-4-3-7-17(18)11-21(22)13-19(20)9-15(16)5-1;/h1-14H;1H4. The molecule has 0 radical (unpaired) electrons. The number of fused-ring (bicyclic) bond motifs is 4. The molecule has 5 aromatic carbocycles. The monoisotopic (exact) mass is 294 g/mol. The fourth-order valence-corrected chi connectivity index (χ4v) is 3.39. The van der Waals surface area contributed by atoms with Gasteiger partial charge in [-0.15, -0.1) is 0 Å². The lowest BCUT2D eigenvalue weighted by Gasteiger charge is -2.07. The lowest BCUT2D eigenvalue weighted by molar-refractivity contribution is 1.78. The number of benzene rings is 5. The first-order valence-corrected chi connectivity index (χ1v) is 7.62. The fourth-order valence-electron chi connectivity index (χ4n) is 3.39. The van der Waals surface area contributed by atoms with E-state index in [0.717, 1.165) is 0 Å². The van der Waals surface area contributed by atoms with Crippen LogP contribution in [0.5, 0.6) is 0 Å². The molecule has 0 aliphatic heterocycles. The van der Waals surface area contributed by atoms with Crippen molar-refractivity contribution < 1.29 is 0 Å². The Kier molecular flexibility index (Phi) is 3.06. The van der Waals surface area contributed by atoms with Crippen LogP contribution in [0.4, 0.5) is 0 Å². The van der Waals surface area contributed by atoms with Gasteiger partial charge in [0.2, 0.25) is 0 Å². The van der Waals surface area contributed by atoms with Crippen molar-refractivity contribution in [1.82, 2.24) is 0 Å². The second-order valence-corrected chi connectivity index (χ2v) is 5.95. The van der Waals surface area contributed by atoms with Crippen molar-refractivity contribution in [2.75, 3.05) is 0 Å². The number of hydrogen-bond donors (Lipinski definition) is 0. The van der Waals surface area contributed by atoms with Gasteiger partial charge in [0, 0.05) is 0 Å². The SMILES string of the molecule is C.c1ccc2cc3cc4cc5ccccc5cc4cc3cc2c1. The molecule has 5 aromatic rings. The van der Waals surface area contributed by atoms with Crippen LogP contribution in [-0.4, -0.2) is 0 Å². The van der Waals surface area contributed by atoms with Gasteiger partial charge >= 0.3 is 0 Å². The summed E-state index contributed by atoms with van der Waals surface area (Å²) in [5.41, 5.74) is 0. The Morgan fingerprint density at radius 2 is 0.522 bits per heavy atom.